The molecule has 1 aliphatic heterocycles. The Morgan fingerprint density at radius 3 is 3.15 bits per heavy atom. The number of hydrogen-bond acceptors (Lipinski definition) is 4. The van der Waals surface area contributed by atoms with Gasteiger partial charge in [0.2, 0.25) is 0 Å². The first kappa shape index (κ1) is 9.92. The van der Waals surface area contributed by atoms with Crippen molar-refractivity contribution < 1.29 is 0 Å². The topological polar surface area (TPSA) is 51.5 Å². The SMILES string of the molecule is C=C(/N=C\C=N)N1CCNC(C)C1. The van der Waals surface area contributed by atoms with E-state index in [-0.39, 0.29) is 0 Å². The standard InChI is InChI=1S/C9H16N4/c1-8-7-13(6-5-11-8)9(2)12-4-3-10/h3-4,8,10-11H,2,5-7H2,1H3/b10-3?,12-4-. The van der Waals surface area contributed by atoms with Crippen molar-refractivity contribution in [2.75, 3.05) is 19.6 Å². The van der Waals surface area contributed by atoms with Gasteiger partial charge >= 0.3 is 0 Å². The highest BCUT2D eigenvalue weighted by Crippen LogP contribution is 2.06. The maximum Gasteiger partial charge on any atom is 0.121 e. The van der Waals surface area contributed by atoms with Crippen molar-refractivity contribution in [3.63, 3.8) is 0 Å². The molecule has 0 aromatic rings. The molecule has 1 aliphatic rings. The van der Waals surface area contributed by atoms with Gasteiger partial charge in [0.05, 0.1) is 0 Å². The van der Waals surface area contributed by atoms with Crippen LogP contribution in [-0.4, -0.2) is 43.0 Å². The lowest BCUT2D eigenvalue weighted by atomic mass is 10.2. The molecule has 0 amide bonds. The van der Waals surface area contributed by atoms with E-state index in [9.17, 15) is 0 Å². The molecular weight excluding hydrogens is 164 g/mol. The lowest BCUT2D eigenvalue weighted by Gasteiger charge is -2.32. The zero-order valence-corrected chi connectivity index (χ0v) is 7.95. The Morgan fingerprint density at radius 2 is 2.54 bits per heavy atom. The van der Waals surface area contributed by atoms with Gasteiger partial charge in [-0.3, -0.25) is 0 Å². The number of aliphatic imine (C=N–C) groups is 1. The second-order valence-corrected chi connectivity index (χ2v) is 3.16. The summed E-state index contributed by atoms with van der Waals surface area (Å²) in [5, 5.41) is 10.1. The van der Waals surface area contributed by atoms with Gasteiger partial charge in [0.25, 0.3) is 0 Å². The maximum absolute atomic E-state index is 6.80. The summed E-state index contributed by atoms with van der Waals surface area (Å²) in [7, 11) is 0. The fraction of sp³-hybridized carbons (Fsp3) is 0.556. The van der Waals surface area contributed by atoms with Gasteiger partial charge in [-0.05, 0) is 6.92 Å². The lowest BCUT2D eigenvalue weighted by Crippen LogP contribution is -2.48. The number of nitrogens with one attached hydrogen (secondary N) is 2. The van der Waals surface area contributed by atoms with E-state index in [1.54, 1.807) is 0 Å². The average molecular weight is 180 g/mol. The molecule has 0 aliphatic carbocycles. The zero-order chi connectivity index (χ0) is 9.68. The second kappa shape index (κ2) is 4.77. The summed E-state index contributed by atoms with van der Waals surface area (Å²) in [6.07, 6.45) is 2.62. The van der Waals surface area contributed by atoms with Gasteiger partial charge in [-0.15, -0.1) is 0 Å². The Bertz CT molecular complexity index is 222. The normalized spacial score (nSPS) is 23.5. The van der Waals surface area contributed by atoms with Crippen molar-refractivity contribution in [2.45, 2.75) is 13.0 Å². The Labute approximate surface area is 78.9 Å². The van der Waals surface area contributed by atoms with Crippen molar-refractivity contribution in [1.29, 1.82) is 5.41 Å². The highest BCUT2D eigenvalue weighted by atomic mass is 15.3. The quantitative estimate of drug-likeness (QED) is 0.620. The molecule has 72 valence electrons. The molecule has 2 N–H and O–H groups in total. The number of piperazine rings is 1. The average Bonchev–Trinajstić information content (AvgIpc) is 2.14. The van der Waals surface area contributed by atoms with Crippen molar-refractivity contribution >= 4 is 12.4 Å². The summed E-state index contributed by atoms with van der Waals surface area (Å²) < 4.78 is 0. The molecule has 1 unspecified atom stereocenters. The minimum Gasteiger partial charge on any atom is -0.354 e. The van der Waals surface area contributed by atoms with Gasteiger partial charge in [0.1, 0.15) is 5.82 Å². The first-order chi connectivity index (χ1) is 6.24. The van der Waals surface area contributed by atoms with Crippen molar-refractivity contribution in [2.24, 2.45) is 4.99 Å². The Kier molecular flexibility index (Phi) is 3.64. The smallest absolute Gasteiger partial charge is 0.121 e. The van der Waals surface area contributed by atoms with E-state index < -0.39 is 0 Å². The molecule has 1 fully saturated rings. The Balaban J connectivity index is 2.46. The van der Waals surface area contributed by atoms with Crippen LogP contribution in [0.3, 0.4) is 0 Å². The summed E-state index contributed by atoms with van der Waals surface area (Å²) in [4.78, 5) is 6.16. The first-order valence-corrected chi connectivity index (χ1v) is 4.44. The fourth-order valence-corrected chi connectivity index (χ4v) is 1.37. The highest BCUT2D eigenvalue weighted by molar-refractivity contribution is 6.14. The third-order valence-electron chi connectivity index (χ3n) is 2.03. The first-order valence-electron chi connectivity index (χ1n) is 4.44. The summed E-state index contributed by atoms with van der Waals surface area (Å²) in [6, 6.07) is 0.487. The fourth-order valence-electron chi connectivity index (χ4n) is 1.37. The maximum atomic E-state index is 6.80. The number of nitrogens with zero attached hydrogens (tertiary/aromatic N) is 2. The van der Waals surface area contributed by atoms with Crippen LogP contribution in [0.5, 0.6) is 0 Å². The van der Waals surface area contributed by atoms with E-state index in [2.05, 4.69) is 28.7 Å². The van der Waals surface area contributed by atoms with Crippen LogP contribution in [0.25, 0.3) is 0 Å². The largest absolute Gasteiger partial charge is 0.354 e. The van der Waals surface area contributed by atoms with Crippen LogP contribution >= 0.6 is 0 Å². The predicted molar refractivity (Wildman–Crippen MR) is 55.5 cm³/mol. The van der Waals surface area contributed by atoms with E-state index in [0.29, 0.717) is 6.04 Å². The Hall–Kier alpha value is -1.16. The predicted octanol–water partition coefficient (Wildman–Crippen LogP) is 0.472. The van der Waals surface area contributed by atoms with Crippen LogP contribution in [0.4, 0.5) is 0 Å². The van der Waals surface area contributed by atoms with Gasteiger partial charge in [-0.1, -0.05) is 6.58 Å². The monoisotopic (exact) mass is 180 g/mol. The third-order valence-corrected chi connectivity index (χ3v) is 2.03. The van der Waals surface area contributed by atoms with Crippen LogP contribution < -0.4 is 5.32 Å². The molecule has 0 radical (unpaired) electrons. The summed E-state index contributed by atoms with van der Waals surface area (Å²) >= 11 is 0. The van der Waals surface area contributed by atoms with Gasteiger partial charge in [-0.25, -0.2) is 4.99 Å². The van der Waals surface area contributed by atoms with Crippen LogP contribution in [-0.2, 0) is 0 Å². The van der Waals surface area contributed by atoms with E-state index in [0.717, 1.165) is 31.7 Å². The van der Waals surface area contributed by atoms with E-state index >= 15 is 0 Å². The minimum atomic E-state index is 0.487. The summed E-state index contributed by atoms with van der Waals surface area (Å²) in [6.45, 7) is 8.84. The zero-order valence-electron chi connectivity index (χ0n) is 7.95. The molecule has 1 heterocycles. The third kappa shape index (κ3) is 2.99. The molecule has 0 aromatic carbocycles. The molecule has 4 heteroatoms. The summed E-state index contributed by atoms with van der Waals surface area (Å²) in [5.41, 5.74) is 0. The van der Waals surface area contributed by atoms with E-state index in [4.69, 9.17) is 5.41 Å². The summed E-state index contributed by atoms with van der Waals surface area (Å²) in [5.74, 6) is 0.747. The molecule has 0 bridgehead atoms. The van der Waals surface area contributed by atoms with Gasteiger partial charge in [0, 0.05) is 38.1 Å². The number of hydrogen-bond donors (Lipinski definition) is 2. The number of rotatable bonds is 3. The molecule has 1 rings (SSSR count). The van der Waals surface area contributed by atoms with Crippen LogP contribution in [0.1, 0.15) is 6.92 Å². The van der Waals surface area contributed by atoms with Crippen LogP contribution in [0.2, 0.25) is 0 Å². The van der Waals surface area contributed by atoms with Crippen molar-refractivity contribution in [3.05, 3.63) is 12.4 Å². The minimum absolute atomic E-state index is 0.487. The van der Waals surface area contributed by atoms with Gasteiger partial charge in [0.15, 0.2) is 0 Å². The van der Waals surface area contributed by atoms with Crippen molar-refractivity contribution in [1.82, 2.24) is 10.2 Å². The van der Waals surface area contributed by atoms with E-state index in [1.807, 2.05) is 0 Å². The van der Waals surface area contributed by atoms with Crippen LogP contribution in [0.15, 0.2) is 17.4 Å². The molecule has 1 saturated heterocycles. The van der Waals surface area contributed by atoms with Crippen LogP contribution in [0, 0.1) is 5.41 Å². The molecule has 0 saturated carbocycles. The Morgan fingerprint density at radius 1 is 1.77 bits per heavy atom. The highest BCUT2D eigenvalue weighted by Gasteiger charge is 2.15. The van der Waals surface area contributed by atoms with Gasteiger partial charge < -0.3 is 15.6 Å². The molecular formula is C9H16N4. The van der Waals surface area contributed by atoms with E-state index in [1.165, 1.54) is 6.21 Å². The lowest BCUT2D eigenvalue weighted by molar-refractivity contribution is 0.255. The van der Waals surface area contributed by atoms with Crippen molar-refractivity contribution in [3.8, 4) is 0 Å². The molecule has 1 atom stereocenters. The molecule has 0 spiro atoms. The molecule has 4 nitrogen and oxygen atoms in total. The van der Waals surface area contributed by atoms with Gasteiger partial charge in [-0.2, -0.15) is 0 Å². The molecule has 13 heavy (non-hydrogen) atoms. The molecule has 0 aromatic heterocycles. The second-order valence-electron chi connectivity index (χ2n) is 3.16.